The molecule has 1 aliphatic heterocycles. The van der Waals surface area contributed by atoms with Crippen molar-refractivity contribution in [2.24, 2.45) is 0 Å². The molecular formula is C23H29N7O3S. The number of pyridine rings is 1. The van der Waals surface area contributed by atoms with E-state index in [0.29, 0.717) is 56.9 Å². The number of piperidine rings is 1. The first-order chi connectivity index (χ1) is 16.5. The Hall–Kier alpha value is -3.44. The third-order valence-electron chi connectivity index (χ3n) is 5.64. The van der Waals surface area contributed by atoms with Crippen LogP contribution in [0, 0.1) is 0 Å². The second-order valence-electron chi connectivity index (χ2n) is 8.01. The Kier molecular flexibility index (Phi) is 7.43. The topological polar surface area (TPSA) is 106 Å². The maximum atomic E-state index is 5.49. The summed E-state index contributed by atoms with van der Waals surface area (Å²) >= 11 is 5.49. The van der Waals surface area contributed by atoms with E-state index in [-0.39, 0.29) is 0 Å². The molecule has 0 saturated carbocycles. The highest BCUT2D eigenvalue weighted by Gasteiger charge is 2.17. The molecule has 1 saturated heterocycles. The first-order valence-electron chi connectivity index (χ1n) is 11.0. The third-order valence-corrected chi connectivity index (χ3v) is 5.86. The molecule has 1 aromatic carbocycles. The van der Waals surface area contributed by atoms with Gasteiger partial charge in [-0.3, -0.25) is 0 Å². The van der Waals surface area contributed by atoms with Gasteiger partial charge in [-0.25, -0.2) is 15.0 Å². The van der Waals surface area contributed by atoms with Gasteiger partial charge in [0.15, 0.2) is 28.1 Å². The van der Waals surface area contributed by atoms with Crippen molar-refractivity contribution in [2.45, 2.75) is 18.9 Å². The largest absolute Gasteiger partial charge is 0.493 e. The van der Waals surface area contributed by atoms with Crippen molar-refractivity contribution < 1.29 is 14.2 Å². The molecule has 1 aliphatic rings. The molecule has 2 aromatic heterocycles. The monoisotopic (exact) mass is 483 g/mol. The lowest BCUT2D eigenvalue weighted by Crippen LogP contribution is -2.44. The number of hydrogen-bond acceptors (Lipinski definition) is 9. The summed E-state index contributed by atoms with van der Waals surface area (Å²) in [5.74, 6) is 2.72. The molecule has 3 N–H and O–H groups in total. The van der Waals surface area contributed by atoms with E-state index in [2.05, 4.69) is 42.8 Å². The van der Waals surface area contributed by atoms with Gasteiger partial charge in [0.25, 0.3) is 0 Å². The van der Waals surface area contributed by atoms with E-state index in [1.54, 1.807) is 39.7 Å². The summed E-state index contributed by atoms with van der Waals surface area (Å²) in [6, 6.07) is 7.66. The van der Waals surface area contributed by atoms with Gasteiger partial charge in [-0.1, -0.05) is 0 Å². The van der Waals surface area contributed by atoms with Crippen LogP contribution in [-0.2, 0) is 0 Å². The zero-order chi connectivity index (χ0) is 24.1. The van der Waals surface area contributed by atoms with Crippen molar-refractivity contribution in [3.8, 4) is 17.2 Å². The Bertz CT molecular complexity index is 1140. The molecule has 0 spiro atoms. The molecule has 3 aromatic rings. The lowest BCUT2D eigenvalue weighted by Gasteiger charge is -2.30. The number of hydrogen-bond donors (Lipinski definition) is 3. The molecule has 11 heteroatoms. The highest BCUT2D eigenvalue weighted by molar-refractivity contribution is 7.80. The fourth-order valence-corrected chi connectivity index (χ4v) is 4.09. The summed E-state index contributed by atoms with van der Waals surface area (Å²) in [4.78, 5) is 16.0. The fraction of sp³-hybridized carbons (Fsp3) is 0.391. The van der Waals surface area contributed by atoms with Gasteiger partial charge in [-0.05, 0) is 57.3 Å². The highest BCUT2D eigenvalue weighted by Crippen LogP contribution is 2.40. The molecular weight excluding hydrogens is 454 g/mol. The number of ether oxygens (including phenoxy) is 3. The number of methoxy groups -OCH3 is 3. The van der Waals surface area contributed by atoms with Crippen LogP contribution in [0.15, 0.2) is 30.5 Å². The second-order valence-corrected chi connectivity index (χ2v) is 8.42. The van der Waals surface area contributed by atoms with Crippen LogP contribution < -0.4 is 30.2 Å². The van der Waals surface area contributed by atoms with Crippen LogP contribution in [0.4, 0.5) is 17.3 Å². The maximum Gasteiger partial charge on any atom is 0.203 e. The summed E-state index contributed by atoms with van der Waals surface area (Å²) in [5, 5.41) is 10.3. The van der Waals surface area contributed by atoms with Gasteiger partial charge in [-0.2, -0.15) is 0 Å². The number of likely N-dealkylation sites (tertiary alicyclic amines) is 1. The van der Waals surface area contributed by atoms with Crippen molar-refractivity contribution in [2.75, 3.05) is 52.1 Å². The van der Waals surface area contributed by atoms with Crippen LogP contribution in [0.3, 0.4) is 0 Å². The fourth-order valence-electron chi connectivity index (χ4n) is 3.82. The van der Waals surface area contributed by atoms with Gasteiger partial charge in [0.1, 0.15) is 11.3 Å². The SMILES string of the molecule is COc1cc(Nc2cnc3ccc(NC(=S)NC4CCN(C)CC4)nc3n2)cc(OC)c1OC. The average molecular weight is 484 g/mol. The van der Waals surface area contributed by atoms with Crippen LogP contribution in [-0.4, -0.2) is 72.5 Å². The Morgan fingerprint density at radius 1 is 1.00 bits per heavy atom. The first-order valence-corrected chi connectivity index (χ1v) is 11.4. The van der Waals surface area contributed by atoms with Crippen LogP contribution in [0.1, 0.15) is 12.8 Å². The third kappa shape index (κ3) is 5.54. The normalized spacial score (nSPS) is 14.5. The number of nitrogens with zero attached hydrogens (tertiary/aromatic N) is 4. The Labute approximate surface area is 204 Å². The number of thiocarbonyl (C=S) groups is 1. The highest BCUT2D eigenvalue weighted by atomic mass is 32.1. The van der Waals surface area contributed by atoms with E-state index >= 15 is 0 Å². The molecule has 10 nitrogen and oxygen atoms in total. The molecule has 180 valence electrons. The predicted octanol–water partition coefficient (Wildman–Crippen LogP) is 3.17. The summed E-state index contributed by atoms with van der Waals surface area (Å²) in [7, 11) is 6.84. The Balaban J connectivity index is 1.49. The molecule has 0 aliphatic carbocycles. The minimum atomic E-state index is 0.366. The van der Waals surface area contributed by atoms with E-state index in [9.17, 15) is 0 Å². The number of aromatic nitrogens is 3. The number of fused-ring (bicyclic) bond motifs is 1. The first kappa shape index (κ1) is 23.7. The summed E-state index contributed by atoms with van der Waals surface area (Å²) in [6.07, 6.45) is 3.77. The number of benzene rings is 1. The minimum absolute atomic E-state index is 0.366. The molecule has 34 heavy (non-hydrogen) atoms. The predicted molar refractivity (Wildman–Crippen MR) is 137 cm³/mol. The molecule has 3 heterocycles. The Morgan fingerprint density at radius 3 is 2.32 bits per heavy atom. The Morgan fingerprint density at radius 2 is 1.68 bits per heavy atom. The zero-order valence-electron chi connectivity index (χ0n) is 19.7. The maximum absolute atomic E-state index is 5.49. The molecule has 0 unspecified atom stereocenters. The van der Waals surface area contributed by atoms with E-state index in [4.69, 9.17) is 26.4 Å². The minimum Gasteiger partial charge on any atom is -0.493 e. The lowest BCUT2D eigenvalue weighted by atomic mass is 10.1. The van der Waals surface area contributed by atoms with Crippen molar-refractivity contribution in [1.29, 1.82) is 0 Å². The van der Waals surface area contributed by atoms with Gasteiger partial charge in [0.2, 0.25) is 5.75 Å². The van der Waals surface area contributed by atoms with Crippen molar-refractivity contribution in [3.05, 3.63) is 30.5 Å². The van der Waals surface area contributed by atoms with Gasteiger partial charge in [-0.15, -0.1) is 0 Å². The summed E-state index contributed by atoms with van der Waals surface area (Å²) in [6.45, 7) is 2.12. The van der Waals surface area contributed by atoms with Crippen molar-refractivity contribution in [1.82, 2.24) is 25.2 Å². The van der Waals surface area contributed by atoms with E-state index in [1.807, 2.05) is 12.1 Å². The van der Waals surface area contributed by atoms with Gasteiger partial charge >= 0.3 is 0 Å². The van der Waals surface area contributed by atoms with Crippen LogP contribution in [0.25, 0.3) is 11.2 Å². The molecule has 1 fully saturated rings. The molecule has 0 amide bonds. The van der Waals surface area contributed by atoms with Crippen molar-refractivity contribution in [3.63, 3.8) is 0 Å². The average Bonchev–Trinajstić information content (AvgIpc) is 2.84. The number of nitrogens with one attached hydrogen (secondary N) is 3. The molecule has 4 rings (SSSR count). The summed E-state index contributed by atoms with van der Waals surface area (Å²) < 4.78 is 16.2. The summed E-state index contributed by atoms with van der Waals surface area (Å²) in [5.41, 5.74) is 1.88. The van der Waals surface area contributed by atoms with Crippen molar-refractivity contribution >= 4 is 45.8 Å². The van der Waals surface area contributed by atoms with Crippen LogP contribution in [0.5, 0.6) is 17.2 Å². The number of anilines is 3. The van der Waals surface area contributed by atoms with Crippen LogP contribution in [0.2, 0.25) is 0 Å². The molecule has 0 atom stereocenters. The lowest BCUT2D eigenvalue weighted by molar-refractivity contribution is 0.247. The standard InChI is InChI=1S/C23H29N7O3S/c1-30-9-7-14(8-10-30)26-23(34)29-19-6-5-16-22(27-19)28-20(13-24-16)25-15-11-17(31-2)21(33-4)18(12-15)32-3/h5-6,11-14H,7-10H2,1-4H3,(H3,25,26,27,28,29,34). The smallest absolute Gasteiger partial charge is 0.203 e. The number of rotatable bonds is 7. The van der Waals surface area contributed by atoms with Gasteiger partial charge in [0, 0.05) is 23.9 Å². The second kappa shape index (κ2) is 10.7. The van der Waals surface area contributed by atoms with Crippen LogP contribution >= 0.6 is 12.2 Å². The molecule has 0 bridgehead atoms. The quantitative estimate of drug-likeness (QED) is 0.432. The molecule has 0 radical (unpaired) electrons. The zero-order valence-corrected chi connectivity index (χ0v) is 20.5. The van der Waals surface area contributed by atoms with E-state index in [1.165, 1.54) is 0 Å². The van der Waals surface area contributed by atoms with E-state index < -0.39 is 0 Å². The van der Waals surface area contributed by atoms with Gasteiger partial charge in [0.05, 0.1) is 27.5 Å². The van der Waals surface area contributed by atoms with E-state index in [0.717, 1.165) is 25.9 Å². The van der Waals surface area contributed by atoms with Gasteiger partial charge < -0.3 is 35.1 Å².